The monoisotopic (exact) mass is 291 g/mol. The highest BCUT2D eigenvalue weighted by molar-refractivity contribution is 7.14. The molecule has 0 aliphatic heterocycles. The highest BCUT2D eigenvalue weighted by atomic mass is 32.1. The van der Waals surface area contributed by atoms with Crippen LogP contribution in [-0.2, 0) is 0 Å². The van der Waals surface area contributed by atoms with Gasteiger partial charge in [-0.15, -0.1) is 11.3 Å². The Morgan fingerprint density at radius 1 is 1.25 bits per heavy atom. The number of carbonyl (C=O) groups excluding carboxylic acids is 1. The molecule has 5 nitrogen and oxygen atoms in total. The van der Waals surface area contributed by atoms with Crippen molar-refractivity contribution in [2.75, 3.05) is 12.4 Å². The van der Waals surface area contributed by atoms with Crippen molar-refractivity contribution in [3.05, 3.63) is 46.3 Å². The maximum atomic E-state index is 12.2. The van der Waals surface area contributed by atoms with Crippen molar-refractivity contribution in [2.45, 2.75) is 6.92 Å². The number of hydrogen-bond acceptors (Lipinski definition) is 4. The Kier molecular flexibility index (Phi) is 4.05. The van der Waals surface area contributed by atoms with Crippen LogP contribution in [0.3, 0.4) is 0 Å². The number of nitrogens with one attached hydrogen (secondary N) is 1. The molecule has 1 amide bonds. The van der Waals surface area contributed by atoms with Gasteiger partial charge in [0, 0.05) is 0 Å². The van der Waals surface area contributed by atoms with E-state index in [1.165, 1.54) is 13.2 Å². The Labute approximate surface area is 119 Å². The molecule has 0 saturated carbocycles. The number of rotatable bonds is 4. The van der Waals surface area contributed by atoms with Gasteiger partial charge in [0.2, 0.25) is 0 Å². The molecule has 0 aliphatic rings. The van der Waals surface area contributed by atoms with Gasteiger partial charge in [0.15, 0.2) is 0 Å². The van der Waals surface area contributed by atoms with E-state index in [9.17, 15) is 9.59 Å². The molecule has 104 valence electrons. The number of carbonyl (C=O) groups is 2. The topological polar surface area (TPSA) is 75.6 Å². The molecule has 2 rings (SSSR count). The molecule has 0 radical (unpaired) electrons. The SMILES string of the molecule is COc1ccc(C)cc1C(=O)Nc1sccc1C(=O)O. The average molecular weight is 291 g/mol. The molecule has 1 aromatic carbocycles. The van der Waals surface area contributed by atoms with Crippen LogP contribution in [0.15, 0.2) is 29.6 Å². The van der Waals surface area contributed by atoms with Crippen LogP contribution in [0.25, 0.3) is 0 Å². The second kappa shape index (κ2) is 5.75. The number of methoxy groups -OCH3 is 1. The number of hydrogen-bond donors (Lipinski definition) is 2. The summed E-state index contributed by atoms with van der Waals surface area (Å²) < 4.78 is 5.14. The number of thiophene rings is 1. The van der Waals surface area contributed by atoms with E-state index in [1.807, 2.05) is 13.0 Å². The van der Waals surface area contributed by atoms with E-state index >= 15 is 0 Å². The average Bonchev–Trinajstić information content (AvgIpc) is 2.87. The molecular formula is C14H13NO4S. The molecule has 0 spiro atoms. The first kappa shape index (κ1) is 14.1. The molecule has 0 fully saturated rings. The predicted octanol–water partition coefficient (Wildman–Crippen LogP) is 3.02. The fraction of sp³-hybridized carbons (Fsp3) is 0.143. The molecule has 1 aromatic heterocycles. The molecule has 0 aliphatic carbocycles. The normalized spacial score (nSPS) is 10.1. The van der Waals surface area contributed by atoms with Crippen molar-refractivity contribution in [1.29, 1.82) is 0 Å². The highest BCUT2D eigenvalue weighted by Crippen LogP contribution is 2.26. The number of aromatic carboxylic acids is 1. The van der Waals surface area contributed by atoms with Crippen LogP contribution in [0.2, 0.25) is 0 Å². The van der Waals surface area contributed by atoms with E-state index < -0.39 is 11.9 Å². The molecule has 20 heavy (non-hydrogen) atoms. The maximum absolute atomic E-state index is 12.2. The lowest BCUT2D eigenvalue weighted by Gasteiger charge is -2.09. The van der Waals surface area contributed by atoms with Gasteiger partial charge in [0.05, 0.1) is 18.2 Å². The molecule has 2 N–H and O–H groups in total. The van der Waals surface area contributed by atoms with E-state index in [2.05, 4.69) is 5.32 Å². The van der Waals surface area contributed by atoms with E-state index in [1.54, 1.807) is 17.5 Å². The molecule has 1 heterocycles. The van der Waals surface area contributed by atoms with Crippen LogP contribution in [0.1, 0.15) is 26.3 Å². The summed E-state index contributed by atoms with van der Waals surface area (Å²) in [4.78, 5) is 23.3. The molecule has 0 atom stereocenters. The summed E-state index contributed by atoms with van der Waals surface area (Å²) in [5.41, 5.74) is 1.37. The zero-order valence-corrected chi connectivity index (χ0v) is 11.8. The fourth-order valence-corrected chi connectivity index (χ4v) is 2.52. The van der Waals surface area contributed by atoms with E-state index in [4.69, 9.17) is 9.84 Å². The zero-order chi connectivity index (χ0) is 14.7. The Morgan fingerprint density at radius 2 is 2.00 bits per heavy atom. The summed E-state index contributed by atoms with van der Waals surface area (Å²) in [7, 11) is 1.48. The van der Waals surface area contributed by atoms with Crippen molar-refractivity contribution < 1.29 is 19.4 Å². The second-order valence-corrected chi connectivity index (χ2v) is 5.04. The van der Waals surface area contributed by atoms with Gasteiger partial charge in [-0.2, -0.15) is 0 Å². The minimum Gasteiger partial charge on any atom is -0.496 e. The third-order valence-electron chi connectivity index (χ3n) is 2.72. The second-order valence-electron chi connectivity index (χ2n) is 4.13. The van der Waals surface area contributed by atoms with Crippen molar-refractivity contribution in [1.82, 2.24) is 0 Å². The molecule has 0 bridgehead atoms. The lowest BCUT2D eigenvalue weighted by molar-refractivity contribution is 0.0698. The van der Waals surface area contributed by atoms with E-state index in [-0.39, 0.29) is 5.56 Å². The number of benzene rings is 1. The van der Waals surface area contributed by atoms with Crippen molar-refractivity contribution in [2.24, 2.45) is 0 Å². The summed E-state index contributed by atoms with van der Waals surface area (Å²) in [5.74, 6) is -1.02. The molecule has 6 heteroatoms. The van der Waals surface area contributed by atoms with Crippen LogP contribution in [0, 0.1) is 6.92 Å². The van der Waals surface area contributed by atoms with Crippen LogP contribution in [0.5, 0.6) is 5.75 Å². The number of ether oxygens (including phenoxy) is 1. The first-order valence-corrected chi connectivity index (χ1v) is 6.67. The Hall–Kier alpha value is -2.34. The lowest BCUT2D eigenvalue weighted by Crippen LogP contribution is -2.14. The quantitative estimate of drug-likeness (QED) is 0.908. The lowest BCUT2D eigenvalue weighted by atomic mass is 10.1. The van der Waals surface area contributed by atoms with Crippen molar-refractivity contribution in [3.8, 4) is 5.75 Å². The van der Waals surface area contributed by atoms with Gasteiger partial charge in [0.1, 0.15) is 10.8 Å². The number of anilines is 1. The number of aryl methyl sites for hydroxylation is 1. The zero-order valence-electron chi connectivity index (χ0n) is 11.0. The molecular weight excluding hydrogens is 278 g/mol. The van der Waals surface area contributed by atoms with Crippen LogP contribution in [0.4, 0.5) is 5.00 Å². The van der Waals surface area contributed by atoms with Crippen molar-refractivity contribution in [3.63, 3.8) is 0 Å². The standard InChI is InChI=1S/C14H13NO4S/c1-8-3-4-11(19-2)10(7-8)12(16)15-13-9(14(17)18)5-6-20-13/h3-7H,1-2H3,(H,15,16)(H,17,18). The smallest absolute Gasteiger partial charge is 0.338 e. The van der Waals surface area contributed by atoms with Gasteiger partial charge < -0.3 is 15.2 Å². The van der Waals surface area contributed by atoms with Gasteiger partial charge in [-0.25, -0.2) is 4.79 Å². The van der Waals surface area contributed by atoms with Gasteiger partial charge in [0.25, 0.3) is 5.91 Å². The summed E-state index contributed by atoms with van der Waals surface area (Å²) in [6, 6.07) is 6.69. The van der Waals surface area contributed by atoms with E-state index in [0.29, 0.717) is 16.3 Å². The molecule has 0 saturated heterocycles. The predicted molar refractivity (Wildman–Crippen MR) is 77.0 cm³/mol. The maximum Gasteiger partial charge on any atom is 0.338 e. The van der Waals surface area contributed by atoms with Crippen LogP contribution >= 0.6 is 11.3 Å². The largest absolute Gasteiger partial charge is 0.496 e. The van der Waals surface area contributed by atoms with Gasteiger partial charge >= 0.3 is 5.97 Å². The third kappa shape index (κ3) is 2.80. The molecule has 0 unspecified atom stereocenters. The van der Waals surface area contributed by atoms with Crippen molar-refractivity contribution >= 4 is 28.2 Å². The summed E-state index contributed by atoms with van der Waals surface area (Å²) in [5, 5.41) is 13.6. The van der Waals surface area contributed by atoms with E-state index in [0.717, 1.165) is 16.9 Å². The Balaban J connectivity index is 2.30. The number of amides is 1. The minimum atomic E-state index is -1.07. The Bertz CT molecular complexity index is 663. The summed E-state index contributed by atoms with van der Waals surface area (Å²) in [6.07, 6.45) is 0. The molecule has 2 aromatic rings. The number of carboxylic acid groups (broad SMARTS) is 1. The van der Waals surface area contributed by atoms with Gasteiger partial charge in [-0.3, -0.25) is 4.79 Å². The van der Waals surface area contributed by atoms with Crippen LogP contribution < -0.4 is 10.1 Å². The van der Waals surface area contributed by atoms with Gasteiger partial charge in [-0.1, -0.05) is 11.6 Å². The van der Waals surface area contributed by atoms with Crippen LogP contribution in [-0.4, -0.2) is 24.1 Å². The number of carboxylic acids is 1. The third-order valence-corrected chi connectivity index (χ3v) is 3.55. The summed E-state index contributed by atoms with van der Waals surface area (Å²) >= 11 is 1.16. The highest BCUT2D eigenvalue weighted by Gasteiger charge is 2.17. The first-order chi connectivity index (χ1) is 9.52. The Morgan fingerprint density at radius 3 is 2.65 bits per heavy atom. The minimum absolute atomic E-state index is 0.0787. The fourth-order valence-electron chi connectivity index (χ4n) is 1.74. The summed E-state index contributed by atoms with van der Waals surface area (Å²) in [6.45, 7) is 1.87. The van der Waals surface area contributed by atoms with Gasteiger partial charge in [-0.05, 0) is 30.5 Å². The first-order valence-electron chi connectivity index (χ1n) is 5.79.